The van der Waals surface area contributed by atoms with Crippen molar-refractivity contribution in [1.29, 1.82) is 0 Å². The summed E-state index contributed by atoms with van der Waals surface area (Å²) in [4.78, 5) is 3.91. The molecule has 0 amide bonds. The van der Waals surface area contributed by atoms with Gasteiger partial charge in [-0.15, -0.1) is 0 Å². The van der Waals surface area contributed by atoms with Crippen LogP contribution >= 0.6 is 0 Å². The standard InChI is InChI=1S/C16H15FN4O/c17-13-1-7-16(8-2-13)22-10-9-19-14-3-5-15(6-4-14)21-12-18-11-20-21/h1-8,11-12,19H,9-10H2. The Morgan fingerprint density at radius 1 is 1.05 bits per heavy atom. The molecule has 3 rings (SSSR count). The van der Waals surface area contributed by atoms with Crippen LogP contribution in [-0.2, 0) is 0 Å². The van der Waals surface area contributed by atoms with E-state index in [0.717, 1.165) is 11.4 Å². The maximum atomic E-state index is 12.8. The molecule has 0 aliphatic heterocycles. The van der Waals surface area contributed by atoms with E-state index in [-0.39, 0.29) is 5.82 Å². The highest BCUT2D eigenvalue weighted by molar-refractivity contribution is 5.48. The fourth-order valence-corrected chi connectivity index (χ4v) is 1.97. The molecule has 2 aromatic carbocycles. The van der Waals surface area contributed by atoms with Crippen LogP contribution in [0.1, 0.15) is 0 Å². The Labute approximate surface area is 127 Å². The van der Waals surface area contributed by atoms with Crippen LogP contribution in [-0.4, -0.2) is 27.9 Å². The van der Waals surface area contributed by atoms with Gasteiger partial charge in [0.05, 0.1) is 5.69 Å². The first-order valence-electron chi connectivity index (χ1n) is 6.88. The highest BCUT2D eigenvalue weighted by atomic mass is 19.1. The number of rotatable bonds is 6. The van der Waals surface area contributed by atoms with E-state index in [0.29, 0.717) is 18.9 Å². The third kappa shape index (κ3) is 3.60. The lowest BCUT2D eigenvalue weighted by atomic mass is 10.3. The third-order valence-corrected chi connectivity index (χ3v) is 3.06. The number of hydrogen-bond acceptors (Lipinski definition) is 4. The topological polar surface area (TPSA) is 52.0 Å². The molecule has 5 nitrogen and oxygen atoms in total. The van der Waals surface area contributed by atoms with Gasteiger partial charge in [0.1, 0.15) is 30.8 Å². The first kappa shape index (κ1) is 14.1. The summed E-state index contributed by atoms with van der Waals surface area (Å²) in [6.07, 6.45) is 3.15. The summed E-state index contributed by atoms with van der Waals surface area (Å²) in [5.41, 5.74) is 1.94. The van der Waals surface area contributed by atoms with E-state index in [1.54, 1.807) is 23.1 Å². The van der Waals surface area contributed by atoms with Crippen molar-refractivity contribution in [2.45, 2.75) is 0 Å². The van der Waals surface area contributed by atoms with E-state index in [2.05, 4.69) is 15.4 Å². The fourth-order valence-electron chi connectivity index (χ4n) is 1.97. The lowest BCUT2D eigenvalue weighted by Gasteiger charge is -2.09. The van der Waals surface area contributed by atoms with Crippen LogP contribution in [0.25, 0.3) is 5.69 Å². The molecule has 1 N–H and O–H groups in total. The van der Waals surface area contributed by atoms with Crippen molar-refractivity contribution in [1.82, 2.24) is 14.8 Å². The summed E-state index contributed by atoms with van der Waals surface area (Å²) >= 11 is 0. The molecule has 0 spiro atoms. The molecule has 0 bridgehead atoms. The molecule has 3 aromatic rings. The molecule has 1 heterocycles. The van der Waals surface area contributed by atoms with Gasteiger partial charge >= 0.3 is 0 Å². The Kier molecular flexibility index (Phi) is 4.29. The molecule has 1 aromatic heterocycles. The molecule has 0 saturated carbocycles. The summed E-state index contributed by atoms with van der Waals surface area (Å²) in [6, 6.07) is 13.8. The normalized spacial score (nSPS) is 10.4. The van der Waals surface area contributed by atoms with E-state index >= 15 is 0 Å². The molecule has 0 fully saturated rings. The first-order valence-corrected chi connectivity index (χ1v) is 6.88. The molecule has 0 aliphatic carbocycles. The molecule has 22 heavy (non-hydrogen) atoms. The minimum Gasteiger partial charge on any atom is -0.492 e. The van der Waals surface area contributed by atoms with Gasteiger partial charge in [-0.25, -0.2) is 14.1 Å². The van der Waals surface area contributed by atoms with Crippen LogP contribution in [0, 0.1) is 5.82 Å². The number of anilines is 1. The lowest BCUT2D eigenvalue weighted by Crippen LogP contribution is -2.11. The zero-order valence-electron chi connectivity index (χ0n) is 11.8. The molecule has 6 heteroatoms. The number of nitrogens with one attached hydrogen (secondary N) is 1. The van der Waals surface area contributed by atoms with Crippen molar-refractivity contribution in [3.05, 3.63) is 67.0 Å². The molecule has 0 unspecified atom stereocenters. The number of aromatic nitrogens is 3. The van der Waals surface area contributed by atoms with Gasteiger partial charge in [-0.2, -0.15) is 5.10 Å². The predicted molar refractivity (Wildman–Crippen MR) is 81.7 cm³/mol. The van der Waals surface area contributed by atoms with Crippen molar-refractivity contribution < 1.29 is 9.13 Å². The van der Waals surface area contributed by atoms with Crippen molar-refractivity contribution in [2.75, 3.05) is 18.5 Å². The summed E-state index contributed by atoms with van der Waals surface area (Å²) in [5, 5.41) is 7.32. The summed E-state index contributed by atoms with van der Waals surface area (Å²) < 4.78 is 20.0. The smallest absolute Gasteiger partial charge is 0.138 e. The molecule has 112 valence electrons. The lowest BCUT2D eigenvalue weighted by molar-refractivity contribution is 0.332. The molecular formula is C16H15FN4O. The van der Waals surface area contributed by atoms with Gasteiger partial charge in [0.2, 0.25) is 0 Å². The maximum Gasteiger partial charge on any atom is 0.138 e. The Bertz CT molecular complexity index is 696. The second-order valence-corrected chi connectivity index (χ2v) is 4.62. The number of halogens is 1. The SMILES string of the molecule is Fc1ccc(OCCNc2ccc(-n3cncn3)cc2)cc1. The van der Waals surface area contributed by atoms with Crippen LogP contribution in [0.5, 0.6) is 5.75 Å². The Balaban J connectivity index is 1.46. The van der Waals surface area contributed by atoms with Gasteiger partial charge in [0, 0.05) is 12.2 Å². The Morgan fingerprint density at radius 3 is 2.50 bits per heavy atom. The molecule has 0 atom stereocenters. The van der Waals surface area contributed by atoms with Gasteiger partial charge < -0.3 is 10.1 Å². The van der Waals surface area contributed by atoms with Crippen LogP contribution in [0.2, 0.25) is 0 Å². The van der Waals surface area contributed by atoms with E-state index in [9.17, 15) is 4.39 Å². The van der Waals surface area contributed by atoms with Crippen LogP contribution in [0.15, 0.2) is 61.2 Å². The monoisotopic (exact) mass is 298 g/mol. The predicted octanol–water partition coefficient (Wildman–Crippen LogP) is 2.90. The van der Waals surface area contributed by atoms with E-state index in [1.165, 1.54) is 18.5 Å². The quantitative estimate of drug-likeness (QED) is 0.711. The number of nitrogens with zero attached hydrogens (tertiary/aromatic N) is 3. The van der Waals surface area contributed by atoms with Gasteiger partial charge in [0.15, 0.2) is 0 Å². The zero-order chi connectivity index (χ0) is 15.2. The Hall–Kier alpha value is -2.89. The second kappa shape index (κ2) is 6.71. The van der Waals surface area contributed by atoms with Crippen molar-refractivity contribution in [3.63, 3.8) is 0 Å². The van der Waals surface area contributed by atoms with E-state index in [1.807, 2.05) is 24.3 Å². The molecular weight excluding hydrogens is 283 g/mol. The maximum absolute atomic E-state index is 12.8. The van der Waals surface area contributed by atoms with Gasteiger partial charge in [-0.3, -0.25) is 0 Å². The average Bonchev–Trinajstić information content (AvgIpc) is 3.08. The van der Waals surface area contributed by atoms with Gasteiger partial charge in [-0.1, -0.05) is 0 Å². The molecule has 0 saturated heterocycles. The summed E-state index contributed by atoms with van der Waals surface area (Å²) in [7, 11) is 0. The number of ether oxygens (including phenoxy) is 1. The zero-order valence-corrected chi connectivity index (χ0v) is 11.8. The largest absolute Gasteiger partial charge is 0.492 e. The average molecular weight is 298 g/mol. The molecule has 0 radical (unpaired) electrons. The van der Waals surface area contributed by atoms with E-state index in [4.69, 9.17) is 4.74 Å². The van der Waals surface area contributed by atoms with Crippen molar-refractivity contribution in [3.8, 4) is 11.4 Å². The van der Waals surface area contributed by atoms with Crippen LogP contribution in [0.3, 0.4) is 0 Å². The minimum absolute atomic E-state index is 0.266. The highest BCUT2D eigenvalue weighted by Gasteiger charge is 1.98. The van der Waals surface area contributed by atoms with E-state index < -0.39 is 0 Å². The highest BCUT2D eigenvalue weighted by Crippen LogP contribution is 2.13. The van der Waals surface area contributed by atoms with Crippen molar-refractivity contribution in [2.24, 2.45) is 0 Å². The molecule has 0 aliphatic rings. The van der Waals surface area contributed by atoms with Gasteiger partial charge in [-0.05, 0) is 48.5 Å². The van der Waals surface area contributed by atoms with Crippen LogP contribution in [0.4, 0.5) is 10.1 Å². The summed E-state index contributed by atoms with van der Waals surface area (Å²) in [6.45, 7) is 1.15. The summed E-state index contributed by atoms with van der Waals surface area (Å²) in [5.74, 6) is 0.391. The first-order chi connectivity index (χ1) is 10.8. The minimum atomic E-state index is -0.266. The van der Waals surface area contributed by atoms with Gasteiger partial charge in [0.25, 0.3) is 0 Å². The Morgan fingerprint density at radius 2 is 1.82 bits per heavy atom. The number of hydrogen-bond donors (Lipinski definition) is 1. The number of benzene rings is 2. The fraction of sp³-hybridized carbons (Fsp3) is 0.125. The van der Waals surface area contributed by atoms with Crippen LogP contribution < -0.4 is 10.1 Å². The van der Waals surface area contributed by atoms with Crippen molar-refractivity contribution >= 4 is 5.69 Å². The second-order valence-electron chi connectivity index (χ2n) is 4.62. The third-order valence-electron chi connectivity index (χ3n) is 3.06.